The number of aromatic nitrogens is 1. The Hall–Kier alpha value is -3.06. The maximum Gasteiger partial charge on any atom is 0.237 e. The summed E-state index contributed by atoms with van der Waals surface area (Å²) in [7, 11) is 1.87. The Labute approximate surface area is 180 Å². The summed E-state index contributed by atoms with van der Waals surface area (Å²) in [6.07, 6.45) is 3.79. The molecule has 0 unspecified atom stereocenters. The van der Waals surface area contributed by atoms with Gasteiger partial charge in [0.25, 0.3) is 0 Å². The van der Waals surface area contributed by atoms with Crippen LogP contribution in [0.5, 0.6) is 0 Å². The minimum absolute atomic E-state index is 0.0111. The molecule has 0 saturated carbocycles. The molecule has 0 radical (unpaired) electrons. The molecule has 1 fully saturated rings. The quantitative estimate of drug-likeness (QED) is 0.565. The molecule has 5 nitrogen and oxygen atoms in total. The third-order valence-electron chi connectivity index (χ3n) is 5.47. The summed E-state index contributed by atoms with van der Waals surface area (Å²) in [5.74, 6) is 0.628. The molecule has 4 rings (SSSR count). The third-order valence-corrected chi connectivity index (χ3v) is 5.47. The minimum atomic E-state index is -0.283. The standard InChI is InChI=1S/C24H25F2N3O2/c1-28(15-17-7-9-19(25)10-8-17)16-23(30)29-11-3-6-22(29)24-27-14-21(31-24)13-18-4-2-5-20(26)12-18/h2,4-5,7-10,12,14,22H,3,6,11,13,15-16H2,1H3/t22-/m1/s1. The lowest BCUT2D eigenvalue weighted by Gasteiger charge is -2.25. The van der Waals surface area contributed by atoms with Crippen LogP contribution in [0.25, 0.3) is 0 Å². The molecule has 0 N–H and O–H groups in total. The number of nitrogens with zero attached hydrogens (tertiary/aromatic N) is 3. The van der Waals surface area contributed by atoms with Gasteiger partial charge in [0.2, 0.25) is 11.8 Å². The van der Waals surface area contributed by atoms with Crippen molar-refractivity contribution in [1.29, 1.82) is 0 Å². The molecule has 31 heavy (non-hydrogen) atoms. The molecular formula is C24H25F2N3O2. The fourth-order valence-corrected chi connectivity index (χ4v) is 4.01. The Balaban J connectivity index is 1.37. The second kappa shape index (κ2) is 9.39. The number of likely N-dealkylation sites (N-methyl/N-ethyl adjacent to an activating group) is 1. The van der Waals surface area contributed by atoms with Gasteiger partial charge in [-0.2, -0.15) is 0 Å². The summed E-state index contributed by atoms with van der Waals surface area (Å²) in [6, 6.07) is 12.5. The maximum absolute atomic E-state index is 13.4. The first-order valence-corrected chi connectivity index (χ1v) is 10.4. The van der Waals surface area contributed by atoms with Crippen molar-refractivity contribution in [3.63, 3.8) is 0 Å². The third kappa shape index (κ3) is 5.35. The highest BCUT2D eigenvalue weighted by atomic mass is 19.1. The van der Waals surface area contributed by atoms with Crippen LogP contribution in [0.4, 0.5) is 8.78 Å². The maximum atomic E-state index is 13.4. The summed E-state index contributed by atoms with van der Waals surface area (Å²) in [6.45, 7) is 1.47. The summed E-state index contributed by atoms with van der Waals surface area (Å²) < 4.78 is 32.4. The van der Waals surface area contributed by atoms with Crippen molar-refractivity contribution in [1.82, 2.24) is 14.8 Å². The summed E-state index contributed by atoms with van der Waals surface area (Å²) in [4.78, 5) is 21.1. The first kappa shape index (κ1) is 21.2. The second-order valence-corrected chi connectivity index (χ2v) is 8.02. The van der Waals surface area contributed by atoms with Gasteiger partial charge in [-0.1, -0.05) is 24.3 Å². The predicted molar refractivity (Wildman–Crippen MR) is 112 cm³/mol. The Kier molecular flexibility index (Phi) is 6.42. The summed E-state index contributed by atoms with van der Waals surface area (Å²) in [5.41, 5.74) is 1.76. The zero-order chi connectivity index (χ0) is 21.8. The number of benzene rings is 2. The number of likely N-dealkylation sites (tertiary alicyclic amines) is 1. The van der Waals surface area contributed by atoms with Crippen molar-refractivity contribution in [2.45, 2.75) is 31.8 Å². The van der Waals surface area contributed by atoms with Crippen molar-refractivity contribution in [2.24, 2.45) is 0 Å². The van der Waals surface area contributed by atoms with Gasteiger partial charge in [0.15, 0.2) is 0 Å². The van der Waals surface area contributed by atoms with Crippen LogP contribution in [0.3, 0.4) is 0 Å². The van der Waals surface area contributed by atoms with Gasteiger partial charge < -0.3 is 9.32 Å². The van der Waals surface area contributed by atoms with E-state index in [9.17, 15) is 13.6 Å². The smallest absolute Gasteiger partial charge is 0.237 e. The number of hydrogen-bond donors (Lipinski definition) is 0. The van der Waals surface area contributed by atoms with Crippen LogP contribution in [0, 0.1) is 11.6 Å². The number of oxazole rings is 1. The molecule has 0 spiro atoms. The van der Waals surface area contributed by atoms with E-state index in [0.29, 0.717) is 31.2 Å². The van der Waals surface area contributed by atoms with E-state index in [0.717, 1.165) is 24.0 Å². The molecule has 3 aromatic rings. The molecule has 2 heterocycles. The molecular weight excluding hydrogens is 400 g/mol. The van der Waals surface area contributed by atoms with Gasteiger partial charge >= 0.3 is 0 Å². The van der Waals surface area contributed by atoms with Gasteiger partial charge in [-0.15, -0.1) is 0 Å². The van der Waals surface area contributed by atoms with Crippen LogP contribution in [-0.4, -0.2) is 40.8 Å². The first-order chi connectivity index (χ1) is 15.0. The molecule has 1 saturated heterocycles. The van der Waals surface area contributed by atoms with Gasteiger partial charge in [0.1, 0.15) is 23.4 Å². The van der Waals surface area contributed by atoms with Crippen LogP contribution in [0.2, 0.25) is 0 Å². The van der Waals surface area contributed by atoms with Crippen molar-refractivity contribution in [3.05, 3.63) is 89.1 Å². The zero-order valence-electron chi connectivity index (χ0n) is 17.4. The Morgan fingerprint density at radius 2 is 1.97 bits per heavy atom. The molecule has 1 aromatic heterocycles. The fraction of sp³-hybridized carbons (Fsp3) is 0.333. The van der Waals surface area contributed by atoms with Crippen LogP contribution < -0.4 is 0 Å². The van der Waals surface area contributed by atoms with Gasteiger partial charge in [-0.25, -0.2) is 13.8 Å². The van der Waals surface area contributed by atoms with Crippen LogP contribution in [-0.2, 0) is 17.8 Å². The van der Waals surface area contributed by atoms with Gasteiger partial charge in [0, 0.05) is 19.5 Å². The number of halogens is 2. The van der Waals surface area contributed by atoms with Crippen LogP contribution in [0.1, 0.15) is 41.7 Å². The number of carbonyl (C=O) groups is 1. The number of carbonyl (C=O) groups excluding carboxylic acids is 1. The number of hydrogen-bond acceptors (Lipinski definition) is 4. The molecule has 0 bridgehead atoms. The lowest BCUT2D eigenvalue weighted by atomic mass is 10.1. The van der Waals surface area contributed by atoms with E-state index in [4.69, 9.17) is 4.42 Å². The van der Waals surface area contributed by atoms with Crippen molar-refractivity contribution < 1.29 is 18.0 Å². The Bertz CT molecular complexity index is 1040. The van der Waals surface area contributed by atoms with E-state index in [1.165, 1.54) is 24.3 Å². The molecule has 1 aliphatic rings. The SMILES string of the molecule is CN(CC(=O)N1CCC[C@@H]1c1ncc(Cc2cccc(F)c2)o1)Cc1ccc(F)cc1. The van der Waals surface area contributed by atoms with Crippen molar-refractivity contribution >= 4 is 5.91 Å². The average molecular weight is 425 g/mol. The Morgan fingerprint density at radius 3 is 2.74 bits per heavy atom. The highest BCUT2D eigenvalue weighted by Crippen LogP contribution is 2.32. The highest BCUT2D eigenvalue weighted by molar-refractivity contribution is 5.79. The topological polar surface area (TPSA) is 49.6 Å². The molecule has 0 aliphatic carbocycles. The van der Waals surface area contributed by atoms with E-state index in [1.54, 1.807) is 24.4 Å². The van der Waals surface area contributed by atoms with Crippen molar-refractivity contribution in [3.8, 4) is 0 Å². The second-order valence-electron chi connectivity index (χ2n) is 8.02. The molecule has 7 heteroatoms. The predicted octanol–water partition coefficient (Wildman–Crippen LogP) is 4.34. The number of rotatable bonds is 7. The fourth-order valence-electron chi connectivity index (χ4n) is 4.01. The molecule has 2 aromatic carbocycles. The molecule has 162 valence electrons. The average Bonchev–Trinajstić information content (AvgIpc) is 3.39. The monoisotopic (exact) mass is 425 g/mol. The highest BCUT2D eigenvalue weighted by Gasteiger charge is 2.33. The van der Waals surface area contributed by atoms with Crippen LogP contribution >= 0.6 is 0 Å². The summed E-state index contributed by atoms with van der Waals surface area (Å²) in [5, 5.41) is 0. The normalized spacial score (nSPS) is 16.3. The first-order valence-electron chi connectivity index (χ1n) is 10.4. The molecule has 1 atom stereocenters. The summed E-state index contributed by atoms with van der Waals surface area (Å²) >= 11 is 0. The largest absolute Gasteiger partial charge is 0.443 e. The van der Waals surface area contributed by atoms with Gasteiger partial charge in [-0.3, -0.25) is 9.69 Å². The van der Waals surface area contributed by atoms with E-state index >= 15 is 0 Å². The van der Waals surface area contributed by atoms with E-state index < -0.39 is 0 Å². The van der Waals surface area contributed by atoms with Crippen LogP contribution in [0.15, 0.2) is 59.1 Å². The van der Waals surface area contributed by atoms with E-state index in [1.807, 2.05) is 22.9 Å². The van der Waals surface area contributed by atoms with Gasteiger partial charge in [-0.05, 0) is 55.3 Å². The van der Waals surface area contributed by atoms with E-state index in [-0.39, 0.29) is 30.1 Å². The van der Waals surface area contributed by atoms with Crippen molar-refractivity contribution in [2.75, 3.05) is 20.1 Å². The number of amides is 1. The molecule has 1 aliphatic heterocycles. The Morgan fingerprint density at radius 1 is 1.16 bits per heavy atom. The van der Waals surface area contributed by atoms with Gasteiger partial charge in [0.05, 0.1) is 12.7 Å². The van der Waals surface area contributed by atoms with E-state index in [2.05, 4.69) is 4.98 Å². The minimum Gasteiger partial charge on any atom is -0.443 e. The lowest BCUT2D eigenvalue weighted by molar-refractivity contribution is -0.133. The molecule has 1 amide bonds. The zero-order valence-corrected chi connectivity index (χ0v) is 17.4. The lowest BCUT2D eigenvalue weighted by Crippen LogP contribution is -2.38.